The zero-order chi connectivity index (χ0) is 17.1. The third kappa shape index (κ3) is 3.39. The number of halogens is 1. The van der Waals surface area contributed by atoms with Gasteiger partial charge in [0, 0.05) is 16.0 Å². The summed E-state index contributed by atoms with van der Waals surface area (Å²) in [4.78, 5) is 12.4. The first kappa shape index (κ1) is 16.4. The summed E-state index contributed by atoms with van der Waals surface area (Å²) in [5, 5.41) is 4.33. The van der Waals surface area contributed by atoms with Crippen molar-refractivity contribution in [1.29, 1.82) is 0 Å². The van der Waals surface area contributed by atoms with Gasteiger partial charge in [0.25, 0.3) is 0 Å². The molecule has 0 saturated heterocycles. The number of anilines is 1. The van der Waals surface area contributed by atoms with E-state index in [1.165, 1.54) is 5.56 Å². The molecule has 0 unspecified atom stereocenters. The van der Waals surface area contributed by atoms with Gasteiger partial charge in [-0.25, -0.2) is 0 Å². The smallest absolute Gasteiger partial charge is 0.229 e. The van der Waals surface area contributed by atoms with Gasteiger partial charge in [-0.05, 0) is 36.2 Å². The molecule has 0 saturated carbocycles. The van der Waals surface area contributed by atoms with Crippen LogP contribution in [0.1, 0.15) is 18.1 Å². The molecule has 1 heterocycles. The average molecular weight is 344 g/mol. The van der Waals surface area contributed by atoms with Gasteiger partial charge in [0.15, 0.2) is 0 Å². The minimum Gasteiger partial charge on any atom is -0.495 e. The fourth-order valence-electron chi connectivity index (χ4n) is 2.63. The van der Waals surface area contributed by atoms with Gasteiger partial charge in [-0.1, -0.05) is 30.7 Å². The van der Waals surface area contributed by atoms with Crippen LogP contribution in [0.3, 0.4) is 0 Å². The van der Waals surface area contributed by atoms with Gasteiger partial charge in [-0.2, -0.15) is 0 Å². The Morgan fingerprint density at radius 3 is 2.83 bits per heavy atom. The summed E-state index contributed by atoms with van der Waals surface area (Å²) in [6, 6.07) is 11.2. The lowest BCUT2D eigenvalue weighted by Gasteiger charge is -2.10. The van der Waals surface area contributed by atoms with Crippen LogP contribution in [-0.4, -0.2) is 13.0 Å². The van der Waals surface area contributed by atoms with Gasteiger partial charge in [0.2, 0.25) is 5.91 Å². The zero-order valence-corrected chi connectivity index (χ0v) is 14.3. The van der Waals surface area contributed by atoms with E-state index in [1.807, 2.05) is 12.1 Å². The second-order valence-corrected chi connectivity index (χ2v) is 5.95. The van der Waals surface area contributed by atoms with Gasteiger partial charge < -0.3 is 14.5 Å². The van der Waals surface area contributed by atoms with E-state index in [0.717, 1.165) is 23.0 Å². The minimum absolute atomic E-state index is 0.155. The molecule has 1 aromatic heterocycles. The normalized spacial score (nSPS) is 10.8. The van der Waals surface area contributed by atoms with Crippen LogP contribution in [0, 0.1) is 0 Å². The lowest BCUT2D eigenvalue weighted by atomic mass is 10.1. The third-order valence-corrected chi connectivity index (χ3v) is 4.15. The average Bonchev–Trinajstić information content (AvgIpc) is 2.97. The van der Waals surface area contributed by atoms with Crippen molar-refractivity contribution in [3.05, 3.63) is 58.8 Å². The van der Waals surface area contributed by atoms with Gasteiger partial charge in [-0.15, -0.1) is 0 Å². The summed E-state index contributed by atoms with van der Waals surface area (Å²) in [5.41, 5.74) is 3.41. The maximum absolute atomic E-state index is 12.4. The number of methoxy groups -OCH3 is 1. The molecule has 124 valence electrons. The predicted octanol–water partition coefficient (Wildman–Crippen LogP) is 4.84. The Hall–Kier alpha value is -2.46. The number of ether oxygens (including phenoxy) is 1. The number of rotatable bonds is 5. The van der Waals surface area contributed by atoms with Crippen LogP contribution < -0.4 is 10.1 Å². The van der Waals surface area contributed by atoms with Crippen LogP contribution in [0.25, 0.3) is 11.0 Å². The first-order valence-electron chi connectivity index (χ1n) is 7.73. The highest BCUT2D eigenvalue weighted by atomic mass is 35.5. The van der Waals surface area contributed by atoms with Crippen molar-refractivity contribution in [2.24, 2.45) is 0 Å². The Morgan fingerprint density at radius 1 is 1.25 bits per heavy atom. The lowest BCUT2D eigenvalue weighted by Crippen LogP contribution is -2.14. The molecule has 0 spiro atoms. The molecule has 0 fully saturated rings. The fraction of sp³-hybridized carbons (Fsp3) is 0.211. The third-order valence-electron chi connectivity index (χ3n) is 3.91. The maximum Gasteiger partial charge on any atom is 0.229 e. The molecular formula is C19H18ClNO3. The number of hydrogen-bond donors (Lipinski definition) is 1. The summed E-state index contributed by atoms with van der Waals surface area (Å²) in [6.07, 6.45) is 2.80. The lowest BCUT2D eigenvalue weighted by molar-refractivity contribution is -0.115. The number of amides is 1. The highest BCUT2D eigenvalue weighted by Gasteiger charge is 2.13. The first-order valence-corrected chi connectivity index (χ1v) is 8.11. The number of fused-ring (bicyclic) bond motifs is 1. The van der Waals surface area contributed by atoms with E-state index in [2.05, 4.69) is 18.3 Å². The molecule has 1 amide bonds. The van der Waals surface area contributed by atoms with E-state index in [4.69, 9.17) is 20.8 Å². The highest BCUT2D eigenvalue weighted by Crippen LogP contribution is 2.28. The van der Waals surface area contributed by atoms with E-state index in [-0.39, 0.29) is 12.3 Å². The Balaban J connectivity index is 1.79. The van der Waals surface area contributed by atoms with Gasteiger partial charge in [-0.3, -0.25) is 4.79 Å². The van der Waals surface area contributed by atoms with Crippen molar-refractivity contribution in [3.8, 4) is 5.75 Å². The summed E-state index contributed by atoms with van der Waals surface area (Å²) < 4.78 is 10.8. The van der Waals surface area contributed by atoms with Crippen LogP contribution in [-0.2, 0) is 17.6 Å². The molecule has 0 aliphatic carbocycles. The molecule has 3 aromatic rings. The molecular weight excluding hydrogens is 326 g/mol. The van der Waals surface area contributed by atoms with Crippen LogP contribution in [0.5, 0.6) is 5.75 Å². The summed E-state index contributed by atoms with van der Waals surface area (Å²) in [6.45, 7) is 2.09. The van der Waals surface area contributed by atoms with Crippen LogP contribution in [0.4, 0.5) is 5.69 Å². The van der Waals surface area contributed by atoms with Gasteiger partial charge in [0.05, 0.1) is 25.5 Å². The molecule has 24 heavy (non-hydrogen) atoms. The van der Waals surface area contributed by atoms with Gasteiger partial charge >= 0.3 is 0 Å². The van der Waals surface area contributed by atoms with E-state index in [9.17, 15) is 4.79 Å². The number of furan rings is 1. The minimum atomic E-state index is -0.155. The molecule has 5 heteroatoms. The number of carbonyl (C=O) groups excluding carboxylic acids is 1. The summed E-state index contributed by atoms with van der Waals surface area (Å²) in [7, 11) is 1.55. The number of carbonyl (C=O) groups is 1. The SMILES string of the molecule is CCc1ccc2c(CC(=O)Nc3cc(Cl)ccc3OC)coc2c1. The predicted molar refractivity (Wildman–Crippen MR) is 95.9 cm³/mol. The molecule has 0 radical (unpaired) electrons. The molecule has 2 aromatic carbocycles. The van der Waals surface area contributed by atoms with E-state index < -0.39 is 0 Å². The van der Waals surface area contributed by atoms with E-state index in [1.54, 1.807) is 31.6 Å². The fourth-order valence-corrected chi connectivity index (χ4v) is 2.80. The van der Waals surface area contributed by atoms with Crippen molar-refractivity contribution in [2.45, 2.75) is 19.8 Å². The number of nitrogens with one attached hydrogen (secondary N) is 1. The first-order chi connectivity index (χ1) is 11.6. The maximum atomic E-state index is 12.4. The van der Waals surface area contributed by atoms with Crippen LogP contribution in [0.15, 0.2) is 47.1 Å². The standard InChI is InChI=1S/C19H18ClNO3/c1-3-12-4-6-15-13(11-24-18(15)8-12)9-19(22)21-16-10-14(20)5-7-17(16)23-2/h4-8,10-11H,3,9H2,1-2H3,(H,21,22). The van der Waals surface area contributed by atoms with Crippen molar-refractivity contribution in [1.82, 2.24) is 0 Å². The zero-order valence-electron chi connectivity index (χ0n) is 13.6. The van der Waals surface area contributed by atoms with E-state index in [0.29, 0.717) is 16.5 Å². The van der Waals surface area contributed by atoms with Crippen molar-refractivity contribution in [2.75, 3.05) is 12.4 Å². The molecule has 3 rings (SSSR count). The second kappa shape index (κ2) is 6.97. The number of benzene rings is 2. The second-order valence-electron chi connectivity index (χ2n) is 5.51. The van der Waals surface area contributed by atoms with Gasteiger partial charge in [0.1, 0.15) is 11.3 Å². The Labute approximate surface area is 145 Å². The van der Waals surface area contributed by atoms with Crippen molar-refractivity contribution in [3.63, 3.8) is 0 Å². The monoisotopic (exact) mass is 343 g/mol. The number of aryl methyl sites for hydroxylation is 1. The largest absolute Gasteiger partial charge is 0.495 e. The molecule has 1 N–H and O–H groups in total. The molecule has 0 bridgehead atoms. The summed E-state index contributed by atoms with van der Waals surface area (Å²) >= 11 is 5.98. The molecule has 0 atom stereocenters. The highest BCUT2D eigenvalue weighted by molar-refractivity contribution is 6.31. The topological polar surface area (TPSA) is 51.5 Å². The molecule has 0 aliphatic heterocycles. The Bertz CT molecular complexity index is 885. The molecule has 0 aliphatic rings. The van der Waals surface area contributed by atoms with Crippen molar-refractivity contribution < 1.29 is 13.9 Å². The Morgan fingerprint density at radius 2 is 2.08 bits per heavy atom. The van der Waals surface area contributed by atoms with Crippen molar-refractivity contribution >= 4 is 34.2 Å². The van der Waals surface area contributed by atoms with E-state index >= 15 is 0 Å². The number of hydrogen-bond acceptors (Lipinski definition) is 3. The van der Waals surface area contributed by atoms with Crippen LogP contribution in [0.2, 0.25) is 5.02 Å². The molecule has 4 nitrogen and oxygen atoms in total. The quantitative estimate of drug-likeness (QED) is 0.721. The Kier molecular flexibility index (Phi) is 4.76. The van der Waals surface area contributed by atoms with Crippen LogP contribution >= 0.6 is 11.6 Å². The summed E-state index contributed by atoms with van der Waals surface area (Å²) in [5.74, 6) is 0.412.